The molecule has 2 nitrogen and oxygen atoms in total. The van der Waals surface area contributed by atoms with Crippen molar-refractivity contribution < 1.29 is 9.16 Å². The third-order valence-corrected chi connectivity index (χ3v) is 10.4. The molecule has 0 heterocycles. The van der Waals surface area contributed by atoms with Gasteiger partial charge in [0.15, 0.2) is 0 Å². The minimum atomic E-state index is -1.44. The van der Waals surface area contributed by atoms with Crippen LogP contribution in [-0.4, -0.2) is 62.6 Å². The fraction of sp³-hybridized carbons (Fsp3) is 1.00. The summed E-state index contributed by atoms with van der Waals surface area (Å²) < 4.78 is 11.8. The topological polar surface area (TPSA) is 18.5 Å². The van der Waals surface area contributed by atoms with Gasteiger partial charge in [0.05, 0.1) is 0 Å². The quantitative estimate of drug-likeness (QED) is 0.234. The molecule has 0 saturated heterocycles. The van der Waals surface area contributed by atoms with E-state index in [0.717, 1.165) is 19.6 Å². The zero-order valence-corrected chi connectivity index (χ0v) is 21.8. The van der Waals surface area contributed by atoms with E-state index in [1.807, 2.05) is 0 Å². The first-order valence-corrected chi connectivity index (χ1v) is 14.6. The van der Waals surface area contributed by atoms with Crippen molar-refractivity contribution in [3.05, 3.63) is 0 Å². The summed E-state index contributed by atoms with van der Waals surface area (Å²) in [5.41, 5.74) is 0.0855. The normalized spacial score (nSPS) is 12.7. The fourth-order valence-corrected chi connectivity index (χ4v) is 3.29. The summed E-state index contributed by atoms with van der Waals surface area (Å²) in [5.74, 6) is 0. The Kier molecular flexibility index (Phi) is 19.3. The van der Waals surface area contributed by atoms with Crippen molar-refractivity contribution in [3.8, 4) is 0 Å². The number of rotatable bonds is 14. The average Bonchev–Trinajstić information content (AvgIpc) is 2.57. The Balaban J connectivity index is 0. The van der Waals surface area contributed by atoms with E-state index in [9.17, 15) is 0 Å². The van der Waals surface area contributed by atoms with E-state index in [1.54, 1.807) is 0 Å². The molecule has 0 unspecified atom stereocenters. The molecule has 0 N–H and O–H groups in total. The monoisotopic (exact) mass is 386 g/mol. The van der Waals surface area contributed by atoms with Crippen LogP contribution >= 0.6 is 0 Å². The molecule has 5 heteroatoms. The molecule has 27 heavy (non-hydrogen) atoms. The molecule has 0 spiro atoms. The van der Waals surface area contributed by atoms with E-state index in [-0.39, 0.29) is 5.60 Å². The number of hydrogen-bond donors (Lipinski definition) is 0. The van der Waals surface area contributed by atoms with Crippen LogP contribution in [0.1, 0.15) is 92.9 Å². The summed E-state index contributed by atoms with van der Waals surface area (Å²) in [6.45, 7) is 19.9. The number of ether oxygens (including phenoxy) is 1. The van der Waals surface area contributed by atoms with Crippen LogP contribution in [0, 0.1) is 0 Å². The average molecular weight is 387 g/mol. The predicted molar refractivity (Wildman–Crippen MR) is 127 cm³/mol. The van der Waals surface area contributed by atoms with Gasteiger partial charge in [0.25, 0.3) is 0 Å². The Morgan fingerprint density at radius 3 is 1.63 bits per heavy atom. The summed E-state index contributed by atoms with van der Waals surface area (Å²) in [7, 11) is -1.44. The molecule has 0 atom stereocenters. The summed E-state index contributed by atoms with van der Waals surface area (Å²) in [4.78, 5) is 0. The molecular weight excluding hydrogens is 338 g/mol. The molecule has 0 aliphatic rings. The van der Waals surface area contributed by atoms with Crippen LogP contribution in [0.4, 0.5) is 0 Å². The van der Waals surface area contributed by atoms with Crippen molar-refractivity contribution in [1.82, 2.24) is 0 Å². The third-order valence-electron chi connectivity index (χ3n) is 5.86. The van der Waals surface area contributed by atoms with Crippen LogP contribution in [-0.2, 0) is 9.16 Å². The van der Waals surface area contributed by atoms with Crippen LogP contribution in [0.15, 0.2) is 0 Å². The van der Waals surface area contributed by atoms with E-state index in [1.165, 1.54) is 55.1 Å². The first-order chi connectivity index (χ1) is 12.4. The molecule has 0 aromatic heterocycles. The van der Waals surface area contributed by atoms with Gasteiger partial charge < -0.3 is 0 Å². The molecule has 0 aromatic rings. The van der Waals surface area contributed by atoms with Crippen LogP contribution in [0.3, 0.4) is 0 Å². The molecule has 154 valence electrons. The van der Waals surface area contributed by atoms with Gasteiger partial charge in [-0.05, 0) is 0 Å². The van der Waals surface area contributed by atoms with E-state index >= 15 is 0 Å². The fourth-order valence-electron chi connectivity index (χ4n) is 2.20. The number of hydrogen-bond acceptors (Lipinski definition) is 2. The molecule has 0 aliphatic carbocycles. The summed E-state index contributed by atoms with van der Waals surface area (Å²) in [6, 6.07) is 0. The SMILES string of the molecule is [Li][CH2]CCCCCCCOC(C)(C)CC.[Li][CH2]CCO[Si](C)(C)C(C)(C)C. The molecule has 0 radical (unpaired) electrons. The van der Waals surface area contributed by atoms with Crippen molar-refractivity contribution in [2.24, 2.45) is 0 Å². The zero-order chi connectivity index (χ0) is 21.4. The Hall–Kier alpha value is 1.33. The Bertz CT molecular complexity index is 329. The second kappa shape index (κ2) is 17.1. The molecule has 0 aromatic carbocycles. The van der Waals surface area contributed by atoms with Gasteiger partial charge in [-0.25, -0.2) is 0 Å². The molecule has 0 saturated carbocycles. The minimum absolute atomic E-state index is 0.0855. The van der Waals surface area contributed by atoms with Crippen molar-refractivity contribution in [2.45, 2.75) is 127 Å². The molecule has 0 rings (SSSR count). The van der Waals surface area contributed by atoms with Crippen molar-refractivity contribution in [3.63, 3.8) is 0 Å². The van der Waals surface area contributed by atoms with Crippen LogP contribution in [0.25, 0.3) is 0 Å². The maximum absolute atomic E-state index is 5.97. The van der Waals surface area contributed by atoms with E-state index in [2.05, 4.69) is 90.1 Å². The standard InChI is InChI=1S/C13H27O.C9H21OSi.2Li/c1-5-7-8-9-10-11-12-14-13(3,4)6-2;1-7-8-10-11(5,6)9(2,3)4;;/h1,5-12H2,2-4H3;1,7-8H2,2-6H3;;. The first kappa shape index (κ1) is 30.5. The van der Waals surface area contributed by atoms with Gasteiger partial charge in [0.2, 0.25) is 0 Å². The molecular formula is C22H48Li2O2Si. The maximum atomic E-state index is 5.97. The molecule has 0 aliphatic heterocycles. The third kappa shape index (κ3) is 19.1. The van der Waals surface area contributed by atoms with Crippen LogP contribution in [0.2, 0.25) is 28.3 Å². The zero-order valence-electron chi connectivity index (χ0n) is 20.8. The van der Waals surface area contributed by atoms with Crippen molar-refractivity contribution in [2.75, 3.05) is 13.2 Å². The molecule has 0 amide bonds. The first-order valence-electron chi connectivity index (χ1n) is 11.7. The van der Waals surface area contributed by atoms with Crippen LogP contribution in [0.5, 0.6) is 0 Å². The predicted octanol–water partition coefficient (Wildman–Crippen LogP) is 7.10. The molecule has 0 fully saturated rings. The van der Waals surface area contributed by atoms with Gasteiger partial charge in [0.1, 0.15) is 0 Å². The van der Waals surface area contributed by atoms with Gasteiger partial charge in [-0.1, -0.05) is 0 Å². The number of unbranched alkanes of at least 4 members (excludes halogenated alkanes) is 5. The van der Waals surface area contributed by atoms with E-state index < -0.39 is 8.32 Å². The second-order valence-corrected chi connectivity index (χ2v) is 14.9. The van der Waals surface area contributed by atoms with Crippen molar-refractivity contribution in [1.29, 1.82) is 0 Å². The summed E-state index contributed by atoms with van der Waals surface area (Å²) in [5, 5.41) is 2.93. The Labute approximate surface area is 192 Å². The van der Waals surface area contributed by atoms with Gasteiger partial charge in [0, 0.05) is 0 Å². The van der Waals surface area contributed by atoms with Gasteiger partial charge in [-0.2, -0.15) is 0 Å². The van der Waals surface area contributed by atoms with E-state index in [0.29, 0.717) is 5.04 Å². The van der Waals surface area contributed by atoms with Gasteiger partial charge in [-0.3, -0.25) is 0 Å². The second-order valence-electron chi connectivity index (χ2n) is 10.0. The Morgan fingerprint density at radius 1 is 0.704 bits per heavy atom. The Morgan fingerprint density at radius 2 is 1.19 bits per heavy atom. The van der Waals surface area contributed by atoms with Crippen molar-refractivity contribution >= 4 is 43.7 Å². The summed E-state index contributed by atoms with van der Waals surface area (Å²) >= 11 is 4.47. The van der Waals surface area contributed by atoms with E-state index in [4.69, 9.17) is 9.16 Å². The van der Waals surface area contributed by atoms with Crippen LogP contribution < -0.4 is 0 Å². The summed E-state index contributed by atoms with van der Waals surface area (Å²) in [6.07, 6.45) is 10.5. The van der Waals surface area contributed by atoms with Gasteiger partial charge >= 0.3 is 193 Å². The molecule has 0 bridgehead atoms. The van der Waals surface area contributed by atoms with Gasteiger partial charge in [-0.15, -0.1) is 0 Å².